The first-order chi connectivity index (χ1) is 7.43. The van der Waals surface area contributed by atoms with Gasteiger partial charge >= 0.3 is 0 Å². The van der Waals surface area contributed by atoms with Crippen molar-refractivity contribution in [2.24, 2.45) is 0 Å². The first-order valence-corrected chi connectivity index (χ1v) is 5.06. The topological polar surface area (TPSA) is 12.0 Å². The minimum absolute atomic E-state index is 1.15. The average molecular weight is 193 g/mol. The predicted octanol–water partition coefficient (Wildman–Crippen LogP) is 2.91. The van der Waals surface area contributed by atoms with Crippen LogP contribution in [0.4, 0.5) is 0 Å². The summed E-state index contributed by atoms with van der Waals surface area (Å²) < 4.78 is 0. The maximum Gasteiger partial charge on any atom is 0.0453 e. The number of nitrogens with one attached hydrogen (secondary N) is 1. The molecule has 0 aromatic carbocycles. The van der Waals surface area contributed by atoms with E-state index in [-0.39, 0.29) is 0 Å². The maximum absolute atomic E-state index is 3.27. The molecule has 0 saturated carbocycles. The molecule has 0 spiro atoms. The Morgan fingerprint density at radius 2 is 1.67 bits per heavy atom. The smallest absolute Gasteiger partial charge is 0.0453 e. The molecule has 2 aliphatic carbocycles. The Balaban J connectivity index is 1.95. The molecule has 0 aromatic rings. The molecule has 0 aromatic heterocycles. The Labute approximate surface area is 89.2 Å². The Morgan fingerprint density at radius 1 is 0.733 bits per heavy atom. The van der Waals surface area contributed by atoms with Gasteiger partial charge in [-0.25, -0.2) is 0 Å². The molecule has 1 aliphatic heterocycles. The minimum atomic E-state index is 1.15. The first kappa shape index (κ1) is 8.30. The first-order valence-electron chi connectivity index (χ1n) is 5.06. The van der Waals surface area contributed by atoms with Crippen LogP contribution in [0.3, 0.4) is 0 Å². The molecule has 0 bridgehead atoms. The molecule has 1 nitrogen and oxygen atoms in total. The van der Waals surface area contributed by atoms with E-state index < -0.39 is 0 Å². The van der Waals surface area contributed by atoms with Crippen LogP contribution in [0.2, 0.25) is 0 Å². The molecule has 3 rings (SSSR count). The van der Waals surface area contributed by atoms with Gasteiger partial charge in [-0.2, -0.15) is 0 Å². The number of hydrogen-bond donors (Lipinski definition) is 1. The van der Waals surface area contributed by atoms with Gasteiger partial charge in [-0.3, -0.25) is 0 Å². The van der Waals surface area contributed by atoms with E-state index in [1.807, 2.05) is 24.4 Å². The summed E-state index contributed by atoms with van der Waals surface area (Å²) in [6.07, 6.45) is 20.9. The van der Waals surface area contributed by atoms with Crippen molar-refractivity contribution in [2.45, 2.75) is 0 Å². The van der Waals surface area contributed by atoms with Crippen molar-refractivity contribution in [3.8, 4) is 0 Å². The molecule has 1 heteroatoms. The van der Waals surface area contributed by atoms with E-state index in [4.69, 9.17) is 0 Å². The Hall–Kier alpha value is -2.02. The fraction of sp³-hybridized carbons (Fsp3) is 0. The molecule has 0 saturated heterocycles. The molecular formula is C14H11N. The highest BCUT2D eigenvalue weighted by Gasteiger charge is 2.14. The van der Waals surface area contributed by atoms with Gasteiger partial charge in [0.05, 0.1) is 0 Å². The van der Waals surface area contributed by atoms with Crippen molar-refractivity contribution in [3.63, 3.8) is 0 Å². The van der Waals surface area contributed by atoms with Crippen molar-refractivity contribution in [2.75, 3.05) is 0 Å². The van der Waals surface area contributed by atoms with Gasteiger partial charge in [0.1, 0.15) is 0 Å². The van der Waals surface area contributed by atoms with E-state index >= 15 is 0 Å². The van der Waals surface area contributed by atoms with Gasteiger partial charge in [0.25, 0.3) is 0 Å². The summed E-state index contributed by atoms with van der Waals surface area (Å²) in [6, 6.07) is 0. The number of hydrogen-bond acceptors (Lipinski definition) is 1. The maximum atomic E-state index is 3.27. The molecule has 0 amide bonds. The zero-order valence-electron chi connectivity index (χ0n) is 8.27. The fourth-order valence-corrected chi connectivity index (χ4v) is 1.88. The molecule has 1 heterocycles. The van der Waals surface area contributed by atoms with Gasteiger partial charge in [0.2, 0.25) is 0 Å². The Kier molecular flexibility index (Phi) is 1.82. The second-order valence-electron chi connectivity index (χ2n) is 3.65. The summed E-state index contributed by atoms with van der Waals surface area (Å²) in [5.74, 6) is 0. The van der Waals surface area contributed by atoms with Crippen LogP contribution in [0.5, 0.6) is 0 Å². The van der Waals surface area contributed by atoms with Gasteiger partial charge in [0.15, 0.2) is 0 Å². The largest absolute Gasteiger partial charge is 0.361 e. The van der Waals surface area contributed by atoms with Crippen molar-refractivity contribution < 1.29 is 0 Å². The van der Waals surface area contributed by atoms with Gasteiger partial charge < -0.3 is 5.32 Å². The zero-order chi connectivity index (χ0) is 10.1. The summed E-state index contributed by atoms with van der Waals surface area (Å²) >= 11 is 0. The summed E-state index contributed by atoms with van der Waals surface area (Å²) in [7, 11) is 0. The molecule has 3 aliphatic rings. The van der Waals surface area contributed by atoms with E-state index in [1.54, 1.807) is 0 Å². The third kappa shape index (κ3) is 1.42. The molecular weight excluding hydrogens is 182 g/mol. The SMILES string of the molecule is C1=CC=C(C2=CC3=CC=CC3=C2)NC=C1. The van der Waals surface area contributed by atoms with E-state index in [9.17, 15) is 0 Å². The standard InChI is InChI=1S/C14H11N/c1-2-7-14(15-8-3-1)13-9-11-5-4-6-12(11)10-13/h1-10,15H. The van der Waals surface area contributed by atoms with Gasteiger partial charge in [-0.15, -0.1) is 0 Å². The zero-order valence-corrected chi connectivity index (χ0v) is 8.27. The Bertz CT molecular complexity index is 505. The van der Waals surface area contributed by atoms with Crippen LogP contribution >= 0.6 is 0 Å². The molecule has 0 fully saturated rings. The summed E-state index contributed by atoms with van der Waals surface area (Å²) in [6.45, 7) is 0. The average Bonchev–Trinajstić information content (AvgIpc) is 2.70. The second-order valence-corrected chi connectivity index (χ2v) is 3.65. The summed E-state index contributed by atoms with van der Waals surface area (Å²) in [5.41, 5.74) is 5.02. The quantitative estimate of drug-likeness (QED) is 0.675. The minimum Gasteiger partial charge on any atom is -0.361 e. The second kappa shape index (κ2) is 3.28. The van der Waals surface area contributed by atoms with Crippen molar-refractivity contribution in [1.29, 1.82) is 0 Å². The fourth-order valence-electron chi connectivity index (χ4n) is 1.88. The van der Waals surface area contributed by atoms with Crippen molar-refractivity contribution >= 4 is 0 Å². The van der Waals surface area contributed by atoms with E-state index in [1.165, 1.54) is 16.7 Å². The van der Waals surface area contributed by atoms with E-state index in [0.29, 0.717) is 0 Å². The van der Waals surface area contributed by atoms with E-state index in [2.05, 4.69) is 41.8 Å². The third-order valence-electron chi connectivity index (χ3n) is 2.64. The lowest BCUT2D eigenvalue weighted by atomic mass is 10.2. The molecule has 0 unspecified atom stereocenters. The molecule has 0 radical (unpaired) electrons. The lowest BCUT2D eigenvalue weighted by molar-refractivity contribution is 1.09. The number of fused-ring (bicyclic) bond motifs is 1. The van der Waals surface area contributed by atoms with Crippen LogP contribution in [-0.4, -0.2) is 0 Å². The number of rotatable bonds is 1. The highest BCUT2D eigenvalue weighted by molar-refractivity contribution is 5.66. The predicted molar refractivity (Wildman–Crippen MR) is 62.9 cm³/mol. The summed E-state index contributed by atoms with van der Waals surface area (Å²) in [5, 5.41) is 3.27. The van der Waals surface area contributed by atoms with Crippen LogP contribution < -0.4 is 5.32 Å². The highest BCUT2D eigenvalue weighted by atomic mass is 14.9. The third-order valence-corrected chi connectivity index (χ3v) is 2.64. The van der Waals surface area contributed by atoms with Crippen LogP contribution in [0, 0.1) is 0 Å². The lowest BCUT2D eigenvalue weighted by Crippen LogP contribution is -2.04. The van der Waals surface area contributed by atoms with Gasteiger partial charge in [0, 0.05) is 11.9 Å². The number of allylic oxidation sites excluding steroid dienone is 11. The van der Waals surface area contributed by atoms with Crippen molar-refractivity contribution in [3.05, 3.63) is 83.3 Å². The van der Waals surface area contributed by atoms with Crippen molar-refractivity contribution in [1.82, 2.24) is 5.32 Å². The Morgan fingerprint density at radius 3 is 2.60 bits per heavy atom. The molecule has 0 atom stereocenters. The summed E-state index contributed by atoms with van der Waals surface area (Å²) in [4.78, 5) is 0. The highest BCUT2D eigenvalue weighted by Crippen LogP contribution is 2.31. The monoisotopic (exact) mass is 193 g/mol. The van der Waals surface area contributed by atoms with Gasteiger partial charge in [-0.1, -0.05) is 30.4 Å². The van der Waals surface area contributed by atoms with E-state index in [0.717, 1.165) is 5.70 Å². The molecule has 1 N–H and O–H groups in total. The van der Waals surface area contributed by atoms with Crippen LogP contribution in [-0.2, 0) is 0 Å². The van der Waals surface area contributed by atoms with Gasteiger partial charge in [-0.05, 0) is 41.0 Å². The molecule has 72 valence electrons. The molecule has 15 heavy (non-hydrogen) atoms. The van der Waals surface area contributed by atoms with Crippen LogP contribution in [0.1, 0.15) is 0 Å². The van der Waals surface area contributed by atoms with Crippen LogP contribution in [0.25, 0.3) is 0 Å². The normalized spacial score (nSPS) is 21.3. The lowest BCUT2D eigenvalue weighted by Gasteiger charge is -2.04. The van der Waals surface area contributed by atoms with Crippen LogP contribution in [0.15, 0.2) is 83.3 Å².